The van der Waals surface area contributed by atoms with Gasteiger partial charge in [0.05, 0.1) is 12.3 Å². The van der Waals surface area contributed by atoms with Crippen molar-refractivity contribution in [2.45, 2.75) is 58.0 Å². The maximum absolute atomic E-state index is 10.3. The van der Waals surface area contributed by atoms with Gasteiger partial charge in [0.15, 0.2) is 0 Å². The zero-order chi connectivity index (χ0) is 13.0. The molecule has 1 N–H and O–H groups in total. The predicted molar refractivity (Wildman–Crippen MR) is 73.3 cm³/mol. The highest BCUT2D eigenvalue weighted by atomic mass is 16.3. The molecule has 3 nitrogen and oxygen atoms in total. The lowest BCUT2D eigenvalue weighted by molar-refractivity contribution is 0.0618. The van der Waals surface area contributed by atoms with E-state index in [1.807, 2.05) is 24.1 Å². The molecule has 1 aromatic rings. The van der Waals surface area contributed by atoms with Crippen LogP contribution in [0.4, 0.5) is 0 Å². The van der Waals surface area contributed by atoms with Gasteiger partial charge in [0.2, 0.25) is 0 Å². The molecule has 0 bridgehead atoms. The van der Waals surface area contributed by atoms with Gasteiger partial charge in [-0.25, -0.2) is 0 Å². The number of aliphatic hydroxyl groups excluding tert-OH is 1. The van der Waals surface area contributed by atoms with Crippen molar-refractivity contribution in [3.8, 4) is 0 Å². The van der Waals surface area contributed by atoms with Gasteiger partial charge >= 0.3 is 0 Å². The van der Waals surface area contributed by atoms with E-state index in [0.29, 0.717) is 5.92 Å². The van der Waals surface area contributed by atoms with Crippen LogP contribution < -0.4 is 0 Å². The normalized spacial score (nSPS) is 26.2. The number of hydrogen-bond donors (Lipinski definition) is 1. The molecule has 1 aromatic heterocycles. The Morgan fingerprint density at radius 2 is 2.33 bits per heavy atom. The summed E-state index contributed by atoms with van der Waals surface area (Å²) in [5, 5.41) is 14.5. The van der Waals surface area contributed by atoms with Crippen LogP contribution in [0.5, 0.6) is 0 Å². The first-order valence-electron chi connectivity index (χ1n) is 7.34. The monoisotopic (exact) mass is 250 g/mol. The summed E-state index contributed by atoms with van der Waals surface area (Å²) < 4.78 is 1.83. The Bertz CT molecular complexity index is 361. The molecule has 0 spiro atoms. The number of nitrogens with zero attached hydrogens (tertiary/aromatic N) is 2. The highest BCUT2D eigenvalue weighted by molar-refractivity contribution is 5.03. The molecule has 18 heavy (non-hydrogen) atoms. The third kappa shape index (κ3) is 3.58. The minimum absolute atomic E-state index is 0.125. The van der Waals surface area contributed by atoms with Gasteiger partial charge in [-0.1, -0.05) is 26.2 Å². The quantitative estimate of drug-likeness (QED) is 0.872. The lowest BCUT2D eigenvalue weighted by Gasteiger charge is -2.31. The van der Waals surface area contributed by atoms with Crippen LogP contribution >= 0.6 is 0 Å². The standard InChI is InChI=1S/C15H26N2O/c1-3-12-5-4-6-14(9-12)15(18)8-7-13-10-16-17(2)11-13/h10-12,14-15,18H,3-9H2,1-2H3. The number of aryl methyl sites for hydroxylation is 2. The topological polar surface area (TPSA) is 38.1 Å². The van der Waals surface area contributed by atoms with Crippen LogP contribution in [-0.4, -0.2) is 21.0 Å². The molecule has 1 heterocycles. The predicted octanol–water partition coefficient (Wildman–Crippen LogP) is 2.93. The number of hydrogen-bond acceptors (Lipinski definition) is 2. The van der Waals surface area contributed by atoms with E-state index in [2.05, 4.69) is 12.0 Å². The fourth-order valence-electron chi connectivity index (χ4n) is 3.20. The van der Waals surface area contributed by atoms with Gasteiger partial charge in [0.25, 0.3) is 0 Å². The van der Waals surface area contributed by atoms with Crippen molar-refractivity contribution in [2.75, 3.05) is 0 Å². The van der Waals surface area contributed by atoms with Gasteiger partial charge in [0, 0.05) is 13.2 Å². The Morgan fingerprint density at radius 3 is 3.00 bits per heavy atom. The number of aliphatic hydroxyl groups is 1. The van der Waals surface area contributed by atoms with Gasteiger partial charge in [-0.3, -0.25) is 4.68 Å². The van der Waals surface area contributed by atoms with Gasteiger partial charge < -0.3 is 5.11 Å². The van der Waals surface area contributed by atoms with Crippen LogP contribution in [0.3, 0.4) is 0 Å². The van der Waals surface area contributed by atoms with E-state index in [9.17, 15) is 5.11 Å². The van der Waals surface area contributed by atoms with E-state index in [0.717, 1.165) is 18.8 Å². The number of aromatic nitrogens is 2. The van der Waals surface area contributed by atoms with Crippen molar-refractivity contribution < 1.29 is 5.11 Å². The average Bonchev–Trinajstić information content (AvgIpc) is 2.82. The fourth-order valence-corrected chi connectivity index (χ4v) is 3.20. The second-order valence-electron chi connectivity index (χ2n) is 5.83. The molecular formula is C15H26N2O. The molecule has 0 aliphatic heterocycles. The molecule has 1 saturated carbocycles. The minimum Gasteiger partial charge on any atom is -0.393 e. The van der Waals surface area contributed by atoms with Gasteiger partial charge in [-0.15, -0.1) is 0 Å². The van der Waals surface area contributed by atoms with E-state index in [1.165, 1.54) is 37.7 Å². The maximum Gasteiger partial charge on any atom is 0.0571 e. The minimum atomic E-state index is -0.125. The Morgan fingerprint density at radius 1 is 1.50 bits per heavy atom. The molecule has 102 valence electrons. The van der Waals surface area contributed by atoms with Crippen molar-refractivity contribution in [1.29, 1.82) is 0 Å². The lowest BCUT2D eigenvalue weighted by Crippen LogP contribution is -2.27. The third-order valence-corrected chi connectivity index (χ3v) is 4.43. The summed E-state index contributed by atoms with van der Waals surface area (Å²) in [4.78, 5) is 0. The molecule has 3 unspecified atom stereocenters. The fraction of sp³-hybridized carbons (Fsp3) is 0.800. The average molecular weight is 250 g/mol. The Hall–Kier alpha value is -0.830. The second kappa shape index (κ2) is 6.37. The lowest BCUT2D eigenvalue weighted by atomic mass is 9.77. The van der Waals surface area contributed by atoms with E-state index in [-0.39, 0.29) is 6.10 Å². The van der Waals surface area contributed by atoms with E-state index < -0.39 is 0 Å². The van der Waals surface area contributed by atoms with Crippen LogP contribution in [-0.2, 0) is 13.5 Å². The SMILES string of the molecule is CCC1CCCC(C(O)CCc2cnn(C)c2)C1. The van der Waals surface area contributed by atoms with Crippen LogP contribution in [0.25, 0.3) is 0 Å². The first kappa shape index (κ1) is 13.6. The molecule has 3 atom stereocenters. The first-order valence-corrected chi connectivity index (χ1v) is 7.34. The number of rotatable bonds is 5. The van der Waals surface area contributed by atoms with Crippen molar-refractivity contribution in [3.05, 3.63) is 18.0 Å². The van der Waals surface area contributed by atoms with Crippen molar-refractivity contribution in [3.63, 3.8) is 0 Å². The highest BCUT2D eigenvalue weighted by Crippen LogP contribution is 2.33. The molecule has 0 saturated heterocycles. The van der Waals surface area contributed by atoms with Crippen molar-refractivity contribution in [1.82, 2.24) is 9.78 Å². The summed E-state index contributed by atoms with van der Waals surface area (Å²) in [7, 11) is 1.94. The summed E-state index contributed by atoms with van der Waals surface area (Å²) in [6.45, 7) is 2.27. The summed E-state index contributed by atoms with van der Waals surface area (Å²) in [5.74, 6) is 1.37. The molecular weight excluding hydrogens is 224 g/mol. The van der Waals surface area contributed by atoms with Crippen molar-refractivity contribution in [2.24, 2.45) is 18.9 Å². The summed E-state index contributed by atoms with van der Waals surface area (Å²) in [6, 6.07) is 0. The molecule has 0 radical (unpaired) electrons. The van der Waals surface area contributed by atoms with Gasteiger partial charge in [-0.05, 0) is 43.1 Å². The Kier molecular flexibility index (Phi) is 4.81. The molecule has 3 heteroatoms. The maximum atomic E-state index is 10.3. The largest absolute Gasteiger partial charge is 0.393 e. The van der Waals surface area contributed by atoms with Gasteiger partial charge in [0.1, 0.15) is 0 Å². The summed E-state index contributed by atoms with van der Waals surface area (Å²) >= 11 is 0. The molecule has 0 amide bonds. The van der Waals surface area contributed by atoms with E-state index in [4.69, 9.17) is 0 Å². The van der Waals surface area contributed by atoms with E-state index >= 15 is 0 Å². The Balaban J connectivity index is 1.78. The van der Waals surface area contributed by atoms with Crippen LogP contribution in [0, 0.1) is 11.8 Å². The summed E-state index contributed by atoms with van der Waals surface area (Å²) in [5.41, 5.74) is 1.24. The zero-order valence-electron chi connectivity index (χ0n) is 11.7. The van der Waals surface area contributed by atoms with E-state index in [1.54, 1.807) is 0 Å². The van der Waals surface area contributed by atoms with Gasteiger partial charge in [-0.2, -0.15) is 5.10 Å². The molecule has 1 fully saturated rings. The van der Waals surface area contributed by atoms with Crippen LogP contribution in [0.15, 0.2) is 12.4 Å². The third-order valence-electron chi connectivity index (χ3n) is 4.43. The first-order chi connectivity index (χ1) is 8.69. The smallest absolute Gasteiger partial charge is 0.0571 e. The highest BCUT2D eigenvalue weighted by Gasteiger charge is 2.26. The van der Waals surface area contributed by atoms with Crippen LogP contribution in [0.1, 0.15) is 51.0 Å². The molecule has 0 aromatic carbocycles. The summed E-state index contributed by atoms with van der Waals surface area (Å²) in [6.07, 6.45) is 12.0. The zero-order valence-corrected chi connectivity index (χ0v) is 11.7. The van der Waals surface area contributed by atoms with Crippen molar-refractivity contribution >= 4 is 0 Å². The molecule has 1 aliphatic carbocycles. The molecule has 1 aliphatic rings. The van der Waals surface area contributed by atoms with Crippen LogP contribution in [0.2, 0.25) is 0 Å². The molecule has 2 rings (SSSR count). The Labute approximate surface area is 110 Å². The second-order valence-corrected chi connectivity index (χ2v) is 5.83.